The van der Waals surface area contributed by atoms with Gasteiger partial charge in [0.1, 0.15) is 0 Å². The average molecular weight is 419 g/mol. The van der Waals surface area contributed by atoms with Gasteiger partial charge in [0.15, 0.2) is 5.11 Å². The van der Waals surface area contributed by atoms with Gasteiger partial charge in [-0.2, -0.15) is 13.2 Å². The molecule has 0 aliphatic carbocycles. The molecule has 0 fully saturated rings. The van der Waals surface area contributed by atoms with Crippen molar-refractivity contribution in [1.29, 1.82) is 0 Å². The fourth-order valence-electron chi connectivity index (χ4n) is 3.39. The van der Waals surface area contributed by atoms with Gasteiger partial charge in [0.2, 0.25) is 0 Å². The molecule has 1 aliphatic heterocycles. The molecule has 0 bridgehead atoms. The summed E-state index contributed by atoms with van der Waals surface area (Å²) in [6.45, 7) is 1.69. The molecule has 0 saturated heterocycles. The number of allylic oxidation sites excluding steroid dienone is 1. The summed E-state index contributed by atoms with van der Waals surface area (Å²) in [5.41, 5.74) is 0.573. The van der Waals surface area contributed by atoms with Crippen molar-refractivity contribution >= 4 is 28.9 Å². The normalized spacial score (nSPS) is 17.2. The summed E-state index contributed by atoms with van der Waals surface area (Å²) in [4.78, 5) is 16.0. The quantitative estimate of drug-likeness (QED) is 0.743. The first-order valence-electron chi connectivity index (χ1n) is 8.87. The summed E-state index contributed by atoms with van der Waals surface area (Å²) in [6.07, 6.45) is -4.56. The van der Waals surface area contributed by atoms with Crippen LogP contribution >= 0.6 is 12.2 Å². The van der Waals surface area contributed by atoms with Crippen molar-refractivity contribution in [3.8, 4) is 0 Å². The van der Waals surface area contributed by atoms with E-state index in [0.29, 0.717) is 11.4 Å². The first kappa shape index (κ1) is 20.9. The predicted octanol–water partition coefficient (Wildman–Crippen LogP) is 4.50. The Kier molecular flexibility index (Phi) is 5.66. The van der Waals surface area contributed by atoms with Crippen LogP contribution in [0.25, 0.3) is 0 Å². The van der Waals surface area contributed by atoms with Crippen LogP contribution in [0.1, 0.15) is 24.1 Å². The molecule has 1 heterocycles. The minimum absolute atomic E-state index is 0.0420. The van der Waals surface area contributed by atoms with Crippen LogP contribution in [0.5, 0.6) is 0 Å². The maximum absolute atomic E-state index is 13.6. The Morgan fingerprint density at radius 2 is 1.66 bits per heavy atom. The van der Waals surface area contributed by atoms with Gasteiger partial charge in [0.25, 0.3) is 5.91 Å². The number of nitrogens with one attached hydrogen (secondary N) is 1. The van der Waals surface area contributed by atoms with E-state index in [2.05, 4.69) is 5.32 Å². The number of benzene rings is 2. The lowest BCUT2D eigenvalue weighted by atomic mass is 9.90. The van der Waals surface area contributed by atoms with E-state index in [1.807, 2.05) is 30.3 Å². The van der Waals surface area contributed by atoms with Gasteiger partial charge in [-0.05, 0) is 42.9 Å². The molecule has 1 N–H and O–H groups in total. The minimum Gasteiger partial charge on any atom is -0.351 e. The van der Waals surface area contributed by atoms with Gasteiger partial charge in [-0.1, -0.05) is 36.4 Å². The summed E-state index contributed by atoms with van der Waals surface area (Å²) in [5.74, 6) is -0.389. The lowest BCUT2D eigenvalue weighted by Gasteiger charge is -2.39. The van der Waals surface area contributed by atoms with Crippen LogP contribution in [0.3, 0.4) is 0 Å². The molecular weight excluding hydrogens is 399 g/mol. The summed E-state index contributed by atoms with van der Waals surface area (Å²) >= 11 is 5.48. The molecule has 2 aromatic rings. The largest absolute Gasteiger partial charge is 0.416 e. The van der Waals surface area contributed by atoms with Gasteiger partial charge in [-0.15, -0.1) is 0 Å². The van der Waals surface area contributed by atoms with Gasteiger partial charge in [-0.3, -0.25) is 9.69 Å². The number of thiocarbonyl (C=S) groups is 1. The molecular formula is C21H20F3N3OS. The summed E-state index contributed by atoms with van der Waals surface area (Å²) in [7, 11) is 3.13. The number of hydrogen-bond donors (Lipinski definition) is 1. The molecule has 8 heteroatoms. The number of amides is 1. The second-order valence-corrected chi connectivity index (χ2v) is 7.22. The first-order chi connectivity index (χ1) is 13.6. The van der Waals surface area contributed by atoms with Crippen molar-refractivity contribution in [3.05, 3.63) is 77.0 Å². The Bertz CT molecular complexity index is 971. The lowest BCUT2D eigenvalue weighted by molar-refractivity contribution is -0.138. The van der Waals surface area contributed by atoms with E-state index < -0.39 is 17.8 Å². The van der Waals surface area contributed by atoms with Gasteiger partial charge in [-0.25, -0.2) is 0 Å². The number of nitrogens with zero attached hydrogens (tertiary/aromatic N) is 2. The van der Waals surface area contributed by atoms with E-state index in [4.69, 9.17) is 12.2 Å². The van der Waals surface area contributed by atoms with E-state index in [-0.39, 0.29) is 22.2 Å². The van der Waals surface area contributed by atoms with E-state index >= 15 is 0 Å². The van der Waals surface area contributed by atoms with Gasteiger partial charge in [0, 0.05) is 25.5 Å². The smallest absolute Gasteiger partial charge is 0.351 e. The molecule has 0 radical (unpaired) electrons. The van der Waals surface area contributed by atoms with Gasteiger partial charge >= 0.3 is 6.18 Å². The van der Waals surface area contributed by atoms with Crippen LogP contribution in [-0.4, -0.2) is 30.0 Å². The number of halogens is 3. The molecule has 1 aliphatic rings. The van der Waals surface area contributed by atoms with Crippen LogP contribution in [0.4, 0.5) is 18.9 Å². The zero-order valence-electron chi connectivity index (χ0n) is 16.1. The summed E-state index contributed by atoms with van der Waals surface area (Å²) in [5, 5.41) is 3.19. The fraction of sp³-hybridized carbons (Fsp3) is 0.238. The highest BCUT2D eigenvalue weighted by molar-refractivity contribution is 7.80. The van der Waals surface area contributed by atoms with Gasteiger partial charge < -0.3 is 10.2 Å². The Balaban J connectivity index is 2.23. The molecule has 29 heavy (non-hydrogen) atoms. The van der Waals surface area contributed by atoms with Crippen LogP contribution in [0.2, 0.25) is 0 Å². The van der Waals surface area contributed by atoms with E-state index in [1.165, 1.54) is 23.1 Å². The highest BCUT2D eigenvalue weighted by Gasteiger charge is 2.40. The highest BCUT2D eigenvalue weighted by atomic mass is 32.1. The number of anilines is 1. The second-order valence-electron chi connectivity index (χ2n) is 6.84. The molecule has 152 valence electrons. The topological polar surface area (TPSA) is 35.6 Å². The van der Waals surface area contributed by atoms with Crippen molar-refractivity contribution < 1.29 is 18.0 Å². The third-order valence-electron chi connectivity index (χ3n) is 4.71. The van der Waals surface area contributed by atoms with E-state index in [0.717, 1.165) is 6.07 Å². The molecule has 3 rings (SSSR count). The molecule has 1 atom stereocenters. The summed E-state index contributed by atoms with van der Waals surface area (Å²) in [6, 6.07) is 13.3. The molecule has 0 spiro atoms. The van der Waals surface area contributed by atoms with Crippen molar-refractivity contribution in [2.75, 3.05) is 19.0 Å². The number of carbonyl (C=O) groups is 1. The second kappa shape index (κ2) is 7.87. The zero-order chi connectivity index (χ0) is 21.3. The van der Waals surface area contributed by atoms with Gasteiger partial charge in [0.05, 0.1) is 17.2 Å². The third-order valence-corrected chi connectivity index (χ3v) is 5.01. The van der Waals surface area contributed by atoms with Crippen LogP contribution in [-0.2, 0) is 11.0 Å². The number of para-hydroxylation sites is 1. The molecule has 1 amide bonds. The molecule has 4 nitrogen and oxygen atoms in total. The first-order valence-corrected chi connectivity index (χ1v) is 9.28. The predicted molar refractivity (Wildman–Crippen MR) is 110 cm³/mol. The van der Waals surface area contributed by atoms with Crippen molar-refractivity contribution in [3.63, 3.8) is 0 Å². The molecule has 2 aromatic carbocycles. The number of rotatable bonds is 3. The maximum atomic E-state index is 13.6. The Morgan fingerprint density at radius 3 is 2.24 bits per heavy atom. The maximum Gasteiger partial charge on any atom is 0.416 e. The zero-order valence-corrected chi connectivity index (χ0v) is 16.9. The van der Waals surface area contributed by atoms with E-state index in [1.54, 1.807) is 25.9 Å². The molecule has 0 unspecified atom stereocenters. The number of hydrogen-bond acceptors (Lipinski definition) is 2. The SMILES string of the molecule is CC1=C(C(=O)N(C)C)[C@@H](c2ccccc2C(F)(F)F)NC(=S)N1c1ccccc1. The Labute approximate surface area is 172 Å². The van der Waals surface area contributed by atoms with Crippen LogP contribution in [0.15, 0.2) is 65.9 Å². The molecule has 0 aromatic heterocycles. The van der Waals surface area contributed by atoms with Crippen LogP contribution in [0, 0.1) is 0 Å². The number of likely N-dealkylation sites (N-methyl/N-ethyl adjacent to an activating group) is 1. The Hall–Kier alpha value is -2.87. The number of alkyl halides is 3. The summed E-state index contributed by atoms with van der Waals surface area (Å²) < 4.78 is 40.9. The average Bonchev–Trinajstić information content (AvgIpc) is 2.67. The highest BCUT2D eigenvalue weighted by Crippen LogP contribution is 2.40. The standard InChI is InChI=1S/C21H20F3N3OS/c1-13-17(19(28)26(2)3)18(15-11-7-8-12-16(15)21(22,23)24)25-20(29)27(13)14-9-5-4-6-10-14/h4-12,18H,1-3H3,(H,25,29)/t18-/m1/s1. The van der Waals surface area contributed by atoms with Crippen molar-refractivity contribution in [1.82, 2.24) is 10.2 Å². The molecule has 0 saturated carbocycles. The Morgan fingerprint density at radius 1 is 1.07 bits per heavy atom. The third kappa shape index (κ3) is 3.98. The van der Waals surface area contributed by atoms with E-state index in [9.17, 15) is 18.0 Å². The minimum atomic E-state index is -4.56. The van der Waals surface area contributed by atoms with Crippen molar-refractivity contribution in [2.24, 2.45) is 0 Å². The lowest BCUT2D eigenvalue weighted by Crippen LogP contribution is -2.49. The number of carbonyl (C=O) groups excluding carboxylic acids is 1. The monoisotopic (exact) mass is 419 g/mol. The van der Waals surface area contributed by atoms with Crippen LogP contribution < -0.4 is 10.2 Å². The van der Waals surface area contributed by atoms with Crippen molar-refractivity contribution in [2.45, 2.75) is 19.1 Å². The fourth-order valence-corrected chi connectivity index (χ4v) is 3.75.